The molecule has 0 aromatic heterocycles. The summed E-state index contributed by atoms with van der Waals surface area (Å²) < 4.78 is 13.4. The summed E-state index contributed by atoms with van der Waals surface area (Å²) in [5, 5.41) is 3.97. The van der Waals surface area contributed by atoms with Crippen LogP contribution in [0, 0.1) is 11.7 Å². The summed E-state index contributed by atoms with van der Waals surface area (Å²) in [4.78, 5) is 2.52. The van der Waals surface area contributed by atoms with Crippen LogP contribution < -0.4 is 5.32 Å². The fraction of sp³-hybridized carbons (Fsp3) is 0.625. The monoisotopic (exact) mass is 296 g/mol. The first kappa shape index (κ1) is 14.3. The third-order valence-electron chi connectivity index (χ3n) is 4.26. The second-order valence-corrected chi connectivity index (χ2v) is 6.59. The first-order valence-corrected chi connectivity index (χ1v) is 7.98. The van der Waals surface area contributed by atoms with E-state index in [-0.39, 0.29) is 5.82 Å². The van der Waals surface area contributed by atoms with E-state index in [0.29, 0.717) is 11.1 Å². The highest BCUT2D eigenvalue weighted by Gasteiger charge is 2.31. The van der Waals surface area contributed by atoms with Crippen LogP contribution in [0.2, 0.25) is 5.02 Å². The minimum absolute atomic E-state index is 0.234. The predicted octanol–water partition coefficient (Wildman–Crippen LogP) is 3.44. The summed E-state index contributed by atoms with van der Waals surface area (Å²) in [6, 6.07) is 5.57. The van der Waals surface area contributed by atoms with Gasteiger partial charge < -0.3 is 5.32 Å². The Morgan fingerprint density at radius 1 is 1.25 bits per heavy atom. The van der Waals surface area contributed by atoms with E-state index >= 15 is 0 Å². The molecule has 0 spiro atoms. The van der Waals surface area contributed by atoms with Crippen molar-refractivity contribution in [2.75, 3.05) is 19.6 Å². The zero-order valence-corrected chi connectivity index (χ0v) is 12.5. The Balaban J connectivity index is 1.64. The second kappa shape index (κ2) is 6.42. The number of nitrogens with zero attached hydrogens (tertiary/aromatic N) is 1. The Morgan fingerprint density at radius 3 is 2.75 bits per heavy atom. The lowest BCUT2D eigenvalue weighted by Gasteiger charge is -2.30. The van der Waals surface area contributed by atoms with Crippen molar-refractivity contribution in [2.24, 2.45) is 5.92 Å². The normalized spacial score (nSPS) is 23.2. The molecule has 20 heavy (non-hydrogen) atoms. The van der Waals surface area contributed by atoms with E-state index in [1.54, 1.807) is 6.07 Å². The van der Waals surface area contributed by atoms with Crippen molar-refractivity contribution in [1.29, 1.82) is 0 Å². The molecule has 0 amide bonds. The molecule has 1 aliphatic heterocycles. The van der Waals surface area contributed by atoms with Crippen LogP contribution in [0.15, 0.2) is 18.2 Å². The van der Waals surface area contributed by atoms with Crippen LogP contribution >= 0.6 is 11.6 Å². The van der Waals surface area contributed by atoms with Gasteiger partial charge in [0.05, 0.1) is 0 Å². The van der Waals surface area contributed by atoms with Gasteiger partial charge in [-0.15, -0.1) is 0 Å². The molecule has 2 nitrogen and oxygen atoms in total. The molecule has 1 saturated heterocycles. The Labute approximate surface area is 125 Å². The highest BCUT2D eigenvalue weighted by atomic mass is 35.5. The topological polar surface area (TPSA) is 15.3 Å². The Kier molecular flexibility index (Phi) is 4.59. The van der Waals surface area contributed by atoms with Crippen LogP contribution in [0.5, 0.6) is 0 Å². The van der Waals surface area contributed by atoms with Gasteiger partial charge in [-0.1, -0.05) is 11.6 Å². The van der Waals surface area contributed by atoms with Crippen molar-refractivity contribution in [2.45, 2.75) is 38.3 Å². The second-order valence-electron chi connectivity index (χ2n) is 6.15. The van der Waals surface area contributed by atoms with Gasteiger partial charge in [0.25, 0.3) is 0 Å². The van der Waals surface area contributed by atoms with Crippen molar-refractivity contribution >= 4 is 11.6 Å². The van der Waals surface area contributed by atoms with Gasteiger partial charge in [0.1, 0.15) is 5.82 Å². The SMILES string of the molecule is Fc1cc(Cl)cc(CN(CC2CCCNC2)C2CC2)c1. The number of halogens is 2. The molecule has 2 fully saturated rings. The van der Waals surface area contributed by atoms with E-state index in [0.717, 1.165) is 37.7 Å². The van der Waals surface area contributed by atoms with E-state index in [2.05, 4.69) is 10.2 Å². The van der Waals surface area contributed by atoms with Crippen LogP contribution in [-0.2, 0) is 6.54 Å². The Hall–Kier alpha value is -0.640. The number of piperidine rings is 1. The minimum Gasteiger partial charge on any atom is -0.316 e. The fourth-order valence-corrected chi connectivity index (χ4v) is 3.37. The summed E-state index contributed by atoms with van der Waals surface area (Å²) in [6.45, 7) is 4.21. The van der Waals surface area contributed by atoms with Gasteiger partial charge in [0.2, 0.25) is 0 Å². The maximum Gasteiger partial charge on any atom is 0.125 e. The van der Waals surface area contributed by atoms with Crippen molar-refractivity contribution in [3.05, 3.63) is 34.6 Å². The fourth-order valence-electron chi connectivity index (χ4n) is 3.13. The van der Waals surface area contributed by atoms with Gasteiger partial charge in [-0.3, -0.25) is 4.90 Å². The highest BCUT2D eigenvalue weighted by Crippen LogP contribution is 2.30. The molecule has 1 N–H and O–H groups in total. The highest BCUT2D eigenvalue weighted by molar-refractivity contribution is 6.30. The molecule has 1 aliphatic carbocycles. The van der Waals surface area contributed by atoms with E-state index < -0.39 is 0 Å². The maximum atomic E-state index is 13.4. The number of rotatable bonds is 5. The lowest BCUT2D eigenvalue weighted by Crippen LogP contribution is -2.39. The number of nitrogens with one attached hydrogen (secondary N) is 1. The maximum absolute atomic E-state index is 13.4. The average Bonchev–Trinajstić information content (AvgIpc) is 3.22. The standard InChI is InChI=1S/C16H22ClFN2/c17-14-6-13(7-15(18)8-14)11-20(16-3-4-16)10-12-2-1-5-19-9-12/h6-8,12,16,19H,1-5,9-11H2. The summed E-state index contributed by atoms with van der Waals surface area (Å²) in [5.74, 6) is 0.496. The molecule has 1 atom stereocenters. The van der Waals surface area contributed by atoms with Gasteiger partial charge in [0, 0.05) is 24.2 Å². The molecule has 0 radical (unpaired) electrons. The van der Waals surface area contributed by atoms with E-state index in [1.807, 2.05) is 6.07 Å². The predicted molar refractivity (Wildman–Crippen MR) is 80.4 cm³/mol. The summed E-state index contributed by atoms with van der Waals surface area (Å²) in [6.07, 6.45) is 5.14. The first-order chi connectivity index (χ1) is 9.70. The van der Waals surface area contributed by atoms with Crippen LogP contribution in [0.3, 0.4) is 0 Å². The molecule has 0 bridgehead atoms. The lowest BCUT2D eigenvalue weighted by atomic mass is 9.98. The zero-order valence-electron chi connectivity index (χ0n) is 11.7. The van der Waals surface area contributed by atoms with Gasteiger partial charge in [-0.05, 0) is 68.5 Å². The first-order valence-electron chi connectivity index (χ1n) is 7.60. The van der Waals surface area contributed by atoms with E-state index in [1.165, 1.54) is 31.7 Å². The van der Waals surface area contributed by atoms with Crippen LogP contribution in [0.1, 0.15) is 31.2 Å². The quantitative estimate of drug-likeness (QED) is 0.895. The minimum atomic E-state index is -0.234. The molecule has 1 aromatic rings. The lowest BCUT2D eigenvalue weighted by molar-refractivity contribution is 0.192. The summed E-state index contributed by atoms with van der Waals surface area (Å²) >= 11 is 5.95. The molecule has 1 unspecified atom stereocenters. The molecular weight excluding hydrogens is 275 g/mol. The zero-order chi connectivity index (χ0) is 13.9. The average molecular weight is 297 g/mol. The number of hydrogen-bond acceptors (Lipinski definition) is 2. The van der Waals surface area contributed by atoms with Crippen LogP contribution in [0.25, 0.3) is 0 Å². The molecule has 4 heteroatoms. The molecule has 1 heterocycles. The van der Waals surface area contributed by atoms with Crippen molar-refractivity contribution < 1.29 is 4.39 Å². The largest absolute Gasteiger partial charge is 0.316 e. The van der Waals surface area contributed by atoms with Gasteiger partial charge in [0.15, 0.2) is 0 Å². The van der Waals surface area contributed by atoms with Crippen molar-refractivity contribution in [3.8, 4) is 0 Å². The van der Waals surface area contributed by atoms with Gasteiger partial charge in [-0.25, -0.2) is 4.39 Å². The third-order valence-corrected chi connectivity index (χ3v) is 4.48. The van der Waals surface area contributed by atoms with Crippen LogP contribution in [-0.4, -0.2) is 30.6 Å². The molecule has 1 saturated carbocycles. The molecule has 110 valence electrons. The smallest absolute Gasteiger partial charge is 0.125 e. The van der Waals surface area contributed by atoms with Crippen LogP contribution in [0.4, 0.5) is 4.39 Å². The number of benzene rings is 1. The molecular formula is C16H22ClFN2. The van der Waals surface area contributed by atoms with Crippen molar-refractivity contribution in [1.82, 2.24) is 10.2 Å². The van der Waals surface area contributed by atoms with E-state index in [9.17, 15) is 4.39 Å². The Bertz CT molecular complexity index is 436. The molecule has 3 rings (SSSR count). The molecule has 2 aliphatic rings. The third kappa shape index (κ3) is 3.94. The van der Waals surface area contributed by atoms with E-state index in [4.69, 9.17) is 11.6 Å². The van der Waals surface area contributed by atoms with Gasteiger partial charge in [-0.2, -0.15) is 0 Å². The summed E-state index contributed by atoms with van der Waals surface area (Å²) in [7, 11) is 0. The van der Waals surface area contributed by atoms with Gasteiger partial charge >= 0.3 is 0 Å². The summed E-state index contributed by atoms with van der Waals surface area (Å²) in [5.41, 5.74) is 0.991. The number of hydrogen-bond donors (Lipinski definition) is 1. The Morgan fingerprint density at radius 2 is 2.10 bits per heavy atom. The molecule has 1 aromatic carbocycles. The van der Waals surface area contributed by atoms with Crippen molar-refractivity contribution in [3.63, 3.8) is 0 Å².